The molecule has 0 aromatic rings. The first kappa shape index (κ1) is 15.0. The van der Waals surface area contributed by atoms with Crippen molar-refractivity contribution in [1.29, 1.82) is 0 Å². The Morgan fingerprint density at radius 3 is 2.20 bits per heavy atom. The second-order valence-corrected chi connectivity index (χ2v) is 3.58. The molecule has 0 bridgehead atoms. The van der Waals surface area contributed by atoms with E-state index in [1.165, 1.54) is 6.42 Å². The predicted molar refractivity (Wildman–Crippen MR) is 54.2 cm³/mol. The Hall–Kier alpha value is -0.0000000000000000416. The normalized spacial score (nSPS) is 18.6. The lowest BCUT2D eigenvalue weighted by molar-refractivity contribution is -0.148. The van der Waals surface area contributed by atoms with Crippen molar-refractivity contribution in [2.45, 2.75) is 31.9 Å². The van der Waals surface area contributed by atoms with Crippen LogP contribution in [0.4, 0.5) is 13.2 Å². The fourth-order valence-electron chi connectivity index (χ4n) is 1.47. The molecule has 0 aromatic heterocycles. The highest BCUT2D eigenvalue weighted by atomic mass is 35.5. The number of likely N-dealkylation sites (tertiary alicyclic amines) is 1. The van der Waals surface area contributed by atoms with Gasteiger partial charge in [-0.25, -0.2) is 0 Å². The van der Waals surface area contributed by atoms with Gasteiger partial charge in [0.05, 0.1) is 19.8 Å². The van der Waals surface area contributed by atoms with E-state index in [9.17, 15) is 13.2 Å². The van der Waals surface area contributed by atoms with Crippen LogP contribution >= 0.6 is 12.4 Å². The molecule has 1 aliphatic heterocycles. The van der Waals surface area contributed by atoms with Gasteiger partial charge in [0, 0.05) is 13.1 Å². The van der Waals surface area contributed by atoms with Crippen LogP contribution in [0.25, 0.3) is 0 Å². The van der Waals surface area contributed by atoms with Crippen LogP contribution in [0.2, 0.25) is 0 Å². The van der Waals surface area contributed by atoms with Gasteiger partial charge in [-0.15, -0.1) is 12.4 Å². The van der Waals surface area contributed by atoms with Crippen LogP contribution in [0.15, 0.2) is 0 Å². The van der Waals surface area contributed by atoms with Gasteiger partial charge >= 0.3 is 6.18 Å². The highest BCUT2D eigenvalue weighted by Gasteiger charge is 2.26. The van der Waals surface area contributed by atoms with E-state index in [1.54, 1.807) is 0 Å². The number of ether oxygens (including phenoxy) is 1. The molecular formula is C9H17ClF3NO. The van der Waals surface area contributed by atoms with Crippen molar-refractivity contribution in [2.24, 2.45) is 0 Å². The van der Waals surface area contributed by atoms with Crippen LogP contribution in [0.5, 0.6) is 0 Å². The highest BCUT2D eigenvalue weighted by molar-refractivity contribution is 5.85. The monoisotopic (exact) mass is 247 g/mol. The number of hydrogen-bond donors (Lipinski definition) is 0. The summed E-state index contributed by atoms with van der Waals surface area (Å²) in [6, 6.07) is 0. The molecule has 0 amide bonds. The number of nitrogens with zero attached hydrogens (tertiary/aromatic N) is 1. The number of halogens is 4. The molecule has 15 heavy (non-hydrogen) atoms. The van der Waals surface area contributed by atoms with Gasteiger partial charge in [-0.05, 0) is 12.8 Å². The van der Waals surface area contributed by atoms with Gasteiger partial charge < -0.3 is 4.74 Å². The van der Waals surface area contributed by atoms with E-state index in [4.69, 9.17) is 4.74 Å². The summed E-state index contributed by atoms with van der Waals surface area (Å²) in [5.41, 5.74) is 0. The van der Waals surface area contributed by atoms with Gasteiger partial charge in [-0.1, -0.05) is 6.42 Å². The molecule has 0 spiro atoms. The van der Waals surface area contributed by atoms with E-state index >= 15 is 0 Å². The average Bonchev–Trinajstić information content (AvgIpc) is 2.13. The SMILES string of the molecule is Cl.FC(F)(F)CCOCN1CCCCC1. The average molecular weight is 248 g/mol. The van der Waals surface area contributed by atoms with Gasteiger partial charge in [0.15, 0.2) is 0 Å². The summed E-state index contributed by atoms with van der Waals surface area (Å²) < 4.78 is 40.1. The van der Waals surface area contributed by atoms with Gasteiger partial charge in [0.1, 0.15) is 0 Å². The zero-order chi connectivity index (χ0) is 10.4. The third-order valence-electron chi connectivity index (χ3n) is 2.25. The maximum atomic E-state index is 11.7. The highest BCUT2D eigenvalue weighted by Crippen LogP contribution is 2.19. The summed E-state index contributed by atoms with van der Waals surface area (Å²) in [4.78, 5) is 2.06. The molecule has 0 N–H and O–H groups in total. The van der Waals surface area contributed by atoms with Crippen LogP contribution in [0.1, 0.15) is 25.7 Å². The molecule has 1 heterocycles. The molecule has 0 aromatic carbocycles. The molecule has 92 valence electrons. The van der Waals surface area contributed by atoms with Gasteiger partial charge in [-0.3, -0.25) is 4.90 Å². The first-order valence-corrected chi connectivity index (χ1v) is 4.95. The van der Waals surface area contributed by atoms with E-state index < -0.39 is 12.6 Å². The predicted octanol–water partition coefficient (Wildman–Crippen LogP) is 2.82. The molecule has 1 rings (SSSR count). The molecule has 1 saturated heterocycles. The lowest BCUT2D eigenvalue weighted by atomic mass is 10.1. The Labute approximate surface area is 94.2 Å². The van der Waals surface area contributed by atoms with Crippen LogP contribution in [0.3, 0.4) is 0 Å². The van der Waals surface area contributed by atoms with Crippen molar-refractivity contribution in [3.05, 3.63) is 0 Å². The van der Waals surface area contributed by atoms with Crippen molar-refractivity contribution in [3.63, 3.8) is 0 Å². The number of piperidine rings is 1. The van der Waals surface area contributed by atoms with E-state index in [1.807, 2.05) is 0 Å². The molecule has 0 atom stereocenters. The Kier molecular flexibility index (Phi) is 7.30. The summed E-state index contributed by atoms with van der Waals surface area (Å²) in [7, 11) is 0. The van der Waals surface area contributed by atoms with Crippen LogP contribution in [-0.4, -0.2) is 37.5 Å². The quantitative estimate of drug-likeness (QED) is 0.709. The number of alkyl halides is 3. The molecular weight excluding hydrogens is 231 g/mol. The minimum atomic E-state index is -4.10. The molecule has 6 heteroatoms. The van der Waals surface area contributed by atoms with Gasteiger partial charge in [-0.2, -0.15) is 13.2 Å². The molecule has 2 nitrogen and oxygen atoms in total. The summed E-state index contributed by atoms with van der Waals surface area (Å²) in [6.07, 6.45) is -1.47. The zero-order valence-corrected chi connectivity index (χ0v) is 9.37. The second-order valence-electron chi connectivity index (χ2n) is 3.58. The summed E-state index contributed by atoms with van der Waals surface area (Å²) >= 11 is 0. The lowest BCUT2D eigenvalue weighted by Gasteiger charge is -2.25. The Morgan fingerprint density at radius 2 is 1.67 bits per heavy atom. The molecule has 0 saturated carbocycles. The minimum Gasteiger partial charge on any atom is -0.366 e. The minimum absolute atomic E-state index is 0. The lowest BCUT2D eigenvalue weighted by Crippen LogP contribution is -2.32. The zero-order valence-electron chi connectivity index (χ0n) is 8.55. The number of hydrogen-bond acceptors (Lipinski definition) is 2. The molecule has 0 unspecified atom stereocenters. The molecule has 1 aliphatic rings. The summed E-state index contributed by atoms with van der Waals surface area (Å²) in [5.74, 6) is 0. The first-order chi connectivity index (χ1) is 6.58. The van der Waals surface area contributed by atoms with Crippen LogP contribution in [0, 0.1) is 0 Å². The fourth-order valence-corrected chi connectivity index (χ4v) is 1.47. The Morgan fingerprint density at radius 1 is 1.07 bits per heavy atom. The van der Waals surface area contributed by atoms with Gasteiger partial charge in [0.2, 0.25) is 0 Å². The summed E-state index contributed by atoms with van der Waals surface area (Å²) in [5, 5.41) is 0. The third-order valence-corrected chi connectivity index (χ3v) is 2.25. The van der Waals surface area contributed by atoms with E-state index in [2.05, 4.69) is 4.90 Å². The molecule has 0 radical (unpaired) electrons. The topological polar surface area (TPSA) is 12.5 Å². The van der Waals surface area contributed by atoms with Crippen LogP contribution in [-0.2, 0) is 4.74 Å². The van der Waals surface area contributed by atoms with Crippen molar-refractivity contribution in [3.8, 4) is 0 Å². The molecule has 0 aliphatic carbocycles. The maximum absolute atomic E-state index is 11.7. The van der Waals surface area contributed by atoms with Crippen molar-refractivity contribution in [2.75, 3.05) is 26.4 Å². The fraction of sp³-hybridized carbons (Fsp3) is 1.00. The Balaban J connectivity index is 0.00000196. The van der Waals surface area contributed by atoms with E-state index in [0.717, 1.165) is 25.9 Å². The van der Waals surface area contributed by atoms with E-state index in [0.29, 0.717) is 6.73 Å². The Bertz CT molecular complexity index is 160. The smallest absolute Gasteiger partial charge is 0.366 e. The van der Waals surface area contributed by atoms with Gasteiger partial charge in [0.25, 0.3) is 0 Å². The second kappa shape index (κ2) is 7.30. The van der Waals surface area contributed by atoms with Crippen molar-refractivity contribution >= 4 is 12.4 Å². The first-order valence-electron chi connectivity index (χ1n) is 4.95. The van der Waals surface area contributed by atoms with Crippen molar-refractivity contribution < 1.29 is 17.9 Å². The third kappa shape index (κ3) is 7.88. The number of rotatable bonds is 4. The maximum Gasteiger partial charge on any atom is 0.391 e. The standard InChI is InChI=1S/C9H16F3NO.ClH/c10-9(11,12)4-7-14-8-13-5-2-1-3-6-13;/h1-8H2;1H. The largest absolute Gasteiger partial charge is 0.391 e. The summed E-state index contributed by atoms with van der Waals surface area (Å²) in [6.45, 7) is 2.02. The van der Waals surface area contributed by atoms with Crippen molar-refractivity contribution in [1.82, 2.24) is 4.90 Å². The molecule has 1 fully saturated rings. The van der Waals surface area contributed by atoms with E-state index in [-0.39, 0.29) is 19.0 Å². The van der Waals surface area contributed by atoms with Crippen LogP contribution < -0.4 is 0 Å².